The molecule has 0 fully saturated rings. The van der Waals surface area contributed by atoms with Crippen molar-refractivity contribution in [2.75, 3.05) is 0 Å². The molecule has 1 aromatic rings. The first kappa shape index (κ1) is 11.3. The summed E-state index contributed by atoms with van der Waals surface area (Å²) >= 11 is 0. The summed E-state index contributed by atoms with van der Waals surface area (Å²) in [6.07, 6.45) is 3.37. The molecule has 0 radical (unpaired) electrons. The van der Waals surface area contributed by atoms with Gasteiger partial charge in [0.25, 0.3) is 0 Å². The second kappa shape index (κ2) is 5.86. The van der Waals surface area contributed by atoms with Crippen LogP contribution in [0.4, 0.5) is 4.79 Å². The third kappa shape index (κ3) is 4.31. The van der Waals surface area contributed by atoms with E-state index in [1.165, 1.54) is 5.56 Å². The smallest absolute Gasteiger partial charge is 0.319 e. The predicted molar refractivity (Wildman–Crippen MR) is 61.4 cm³/mol. The molecule has 0 aromatic heterocycles. The Labute approximate surface area is 90.2 Å². The highest BCUT2D eigenvalue weighted by Crippen LogP contribution is 2.02. The Morgan fingerprint density at radius 2 is 2.00 bits per heavy atom. The van der Waals surface area contributed by atoms with Crippen LogP contribution in [0.3, 0.4) is 0 Å². The van der Waals surface area contributed by atoms with Crippen molar-refractivity contribution in [3.8, 4) is 0 Å². The average molecular weight is 204 g/mol. The van der Waals surface area contributed by atoms with Crippen LogP contribution < -0.4 is 10.6 Å². The maximum atomic E-state index is 11.2. The van der Waals surface area contributed by atoms with E-state index in [4.69, 9.17) is 0 Å². The fourth-order valence-corrected chi connectivity index (χ4v) is 1.10. The van der Waals surface area contributed by atoms with Crippen LogP contribution >= 0.6 is 0 Å². The summed E-state index contributed by atoms with van der Waals surface area (Å²) < 4.78 is 0. The number of aryl methyl sites for hydroxylation is 1. The van der Waals surface area contributed by atoms with Gasteiger partial charge in [0, 0.05) is 12.7 Å². The van der Waals surface area contributed by atoms with Crippen LogP contribution in [0.15, 0.2) is 36.5 Å². The molecule has 0 aliphatic carbocycles. The highest BCUT2D eigenvalue weighted by atomic mass is 16.2. The van der Waals surface area contributed by atoms with Crippen molar-refractivity contribution in [1.29, 1.82) is 0 Å². The Kier molecular flexibility index (Phi) is 4.41. The largest absolute Gasteiger partial charge is 0.334 e. The Morgan fingerprint density at radius 1 is 1.33 bits per heavy atom. The number of urea groups is 1. The van der Waals surface area contributed by atoms with Gasteiger partial charge in [-0.2, -0.15) is 0 Å². The molecule has 1 aromatic carbocycles. The van der Waals surface area contributed by atoms with Gasteiger partial charge < -0.3 is 10.6 Å². The van der Waals surface area contributed by atoms with Gasteiger partial charge in [0.1, 0.15) is 0 Å². The zero-order chi connectivity index (χ0) is 11.1. The highest BCUT2D eigenvalue weighted by Gasteiger charge is 1.96. The molecule has 0 bridgehead atoms. The van der Waals surface area contributed by atoms with Crippen molar-refractivity contribution in [2.24, 2.45) is 0 Å². The van der Waals surface area contributed by atoms with Crippen molar-refractivity contribution in [3.63, 3.8) is 0 Å². The van der Waals surface area contributed by atoms with E-state index in [2.05, 4.69) is 10.6 Å². The molecule has 2 N–H and O–H groups in total. The number of benzene rings is 1. The Balaban J connectivity index is 2.37. The summed E-state index contributed by atoms with van der Waals surface area (Å²) in [5, 5.41) is 5.34. The Bertz CT molecular complexity index is 341. The van der Waals surface area contributed by atoms with Gasteiger partial charge in [0.15, 0.2) is 0 Å². The van der Waals surface area contributed by atoms with Gasteiger partial charge >= 0.3 is 6.03 Å². The molecule has 80 valence electrons. The predicted octanol–water partition coefficient (Wildman–Crippen LogP) is 2.33. The highest BCUT2D eigenvalue weighted by molar-refractivity contribution is 5.74. The molecule has 0 aliphatic rings. The first-order valence-electron chi connectivity index (χ1n) is 4.93. The van der Waals surface area contributed by atoms with Gasteiger partial charge in [-0.15, -0.1) is 0 Å². The average Bonchev–Trinajstić information content (AvgIpc) is 2.25. The summed E-state index contributed by atoms with van der Waals surface area (Å²) in [6.45, 7) is 4.43. The van der Waals surface area contributed by atoms with Crippen LogP contribution in [-0.4, -0.2) is 6.03 Å². The lowest BCUT2D eigenvalue weighted by Crippen LogP contribution is -2.31. The summed E-state index contributed by atoms with van der Waals surface area (Å²) in [4.78, 5) is 11.2. The van der Waals surface area contributed by atoms with Crippen molar-refractivity contribution < 1.29 is 4.79 Å². The molecule has 2 amide bonds. The topological polar surface area (TPSA) is 41.1 Å². The molecular weight excluding hydrogens is 188 g/mol. The lowest BCUT2D eigenvalue weighted by Gasteiger charge is -2.04. The maximum absolute atomic E-state index is 11.2. The van der Waals surface area contributed by atoms with E-state index in [-0.39, 0.29) is 6.03 Å². The number of allylic oxidation sites excluding steroid dienone is 1. The molecule has 3 nitrogen and oxygen atoms in total. The molecule has 1 rings (SSSR count). The minimum atomic E-state index is -0.186. The van der Waals surface area contributed by atoms with Gasteiger partial charge in [0.2, 0.25) is 0 Å². The number of carbonyl (C=O) groups is 1. The van der Waals surface area contributed by atoms with Gasteiger partial charge in [-0.25, -0.2) is 4.79 Å². The van der Waals surface area contributed by atoms with Gasteiger partial charge in [-0.05, 0) is 19.4 Å². The third-order valence-electron chi connectivity index (χ3n) is 1.95. The van der Waals surface area contributed by atoms with Crippen molar-refractivity contribution in [1.82, 2.24) is 10.6 Å². The van der Waals surface area contributed by atoms with Crippen LogP contribution in [-0.2, 0) is 6.54 Å². The quantitative estimate of drug-likeness (QED) is 0.779. The number of nitrogens with one attached hydrogen (secondary N) is 2. The van der Waals surface area contributed by atoms with Crippen molar-refractivity contribution in [3.05, 3.63) is 47.7 Å². The van der Waals surface area contributed by atoms with E-state index >= 15 is 0 Å². The molecule has 0 aliphatic heterocycles. The number of hydrogen-bond acceptors (Lipinski definition) is 1. The first-order valence-corrected chi connectivity index (χ1v) is 4.93. The SMILES string of the molecule is C/C=C/NC(=O)NCc1ccc(C)cc1. The molecule has 15 heavy (non-hydrogen) atoms. The second-order valence-corrected chi connectivity index (χ2v) is 3.31. The molecule has 0 saturated heterocycles. The van der Waals surface area contributed by atoms with Crippen molar-refractivity contribution in [2.45, 2.75) is 20.4 Å². The number of hydrogen-bond donors (Lipinski definition) is 2. The second-order valence-electron chi connectivity index (χ2n) is 3.31. The first-order chi connectivity index (χ1) is 7.22. The maximum Gasteiger partial charge on any atom is 0.319 e. The standard InChI is InChI=1S/C12H16N2O/c1-3-8-13-12(15)14-9-11-6-4-10(2)5-7-11/h3-8H,9H2,1-2H3,(H2,13,14,15)/b8-3+. The number of carbonyl (C=O) groups excluding carboxylic acids is 1. The molecule has 3 heteroatoms. The molecule has 0 unspecified atom stereocenters. The Morgan fingerprint density at radius 3 is 2.60 bits per heavy atom. The number of amides is 2. The van der Waals surface area contributed by atoms with E-state index in [1.807, 2.05) is 38.1 Å². The van der Waals surface area contributed by atoms with E-state index in [0.29, 0.717) is 6.54 Å². The molecular formula is C12H16N2O. The van der Waals surface area contributed by atoms with Crippen LogP contribution in [0.2, 0.25) is 0 Å². The van der Waals surface area contributed by atoms with E-state index in [1.54, 1.807) is 12.3 Å². The fraction of sp³-hybridized carbons (Fsp3) is 0.250. The molecule has 0 atom stereocenters. The summed E-state index contributed by atoms with van der Waals surface area (Å²) in [5.74, 6) is 0. The minimum Gasteiger partial charge on any atom is -0.334 e. The molecule has 0 spiro atoms. The zero-order valence-corrected chi connectivity index (χ0v) is 9.08. The normalized spacial score (nSPS) is 10.3. The minimum absolute atomic E-state index is 0.186. The van der Waals surface area contributed by atoms with Crippen molar-refractivity contribution >= 4 is 6.03 Å². The van der Waals surface area contributed by atoms with Crippen LogP contribution in [0, 0.1) is 6.92 Å². The van der Waals surface area contributed by atoms with Crippen LogP contribution in [0.1, 0.15) is 18.1 Å². The van der Waals surface area contributed by atoms with Gasteiger partial charge in [0.05, 0.1) is 0 Å². The molecule has 0 saturated carbocycles. The van der Waals surface area contributed by atoms with Gasteiger partial charge in [-0.1, -0.05) is 35.9 Å². The van der Waals surface area contributed by atoms with E-state index < -0.39 is 0 Å². The summed E-state index contributed by atoms with van der Waals surface area (Å²) in [5.41, 5.74) is 2.31. The lowest BCUT2D eigenvalue weighted by atomic mass is 10.1. The number of rotatable bonds is 3. The lowest BCUT2D eigenvalue weighted by molar-refractivity contribution is 0.243. The van der Waals surface area contributed by atoms with E-state index in [9.17, 15) is 4.79 Å². The molecule has 0 heterocycles. The monoisotopic (exact) mass is 204 g/mol. The Hall–Kier alpha value is -1.77. The fourth-order valence-electron chi connectivity index (χ4n) is 1.10. The van der Waals surface area contributed by atoms with Crippen LogP contribution in [0.5, 0.6) is 0 Å². The van der Waals surface area contributed by atoms with Crippen LogP contribution in [0.25, 0.3) is 0 Å². The van der Waals surface area contributed by atoms with Gasteiger partial charge in [-0.3, -0.25) is 0 Å². The summed E-state index contributed by atoms with van der Waals surface area (Å²) in [6, 6.07) is 7.88. The third-order valence-corrected chi connectivity index (χ3v) is 1.95. The zero-order valence-electron chi connectivity index (χ0n) is 9.08. The van der Waals surface area contributed by atoms with E-state index in [0.717, 1.165) is 5.56 Å². The summed E-state index contributed by atoms with van der Waals surface area (Å²) in [7, 11) is 0.